The third-order valence-electron chi connectivity index (χ3n) is 4.33. The normalized spacial score (nSPS) is 22.3. The number of ether oxygens (including phenoxy) is 2. The summed E-state index contributed by atoms with van der Waals surface area (Å²) in [4.78, 5) is 36.8. The van der Waals surface area contributed by atoms with E-state index in [1.807, 2.05) is 0 Å². The van der Waals surface area contributed by atoms with Crippen LogP contribution in [0.25, 0.3) is 0 Å². The lowest BCUT2D eigenvalue weighted by Gasteiger charge is -2.34. The summed E-state index contributed by atoms with van der Waals surface area (Å²) in [6.45, 7) is 0. The summed E-state index contributed by atoms with van der Waals surface area (Å²) in [5.74, 6) is -5.12. The second-order valence-electron chi connectivity index (χ2n) is 5.53. The molecule has 3 atom stereocenters. The quantitative estimate of drug-likeness (QED) is 0.721. The monoisotopic (exact) mass is 320 g/mol. The van der Waals surface area contributed by atoms with E-state index >= 15 is 0 Å². The molecule has 0 aromatic carbocycles. The minimum absolute atomic E-state index is 0.213. The largest absolute Gasteiger partial charge is 0.468 e. The first-order valence-corrected chi connectivity index (χ1v) is 7.49. The van der Waals surface area contributed by atoms with Crippen LogP contribution in [0.15, 0.2) is 0 Å². The van der Waals surface area contributed by atoms with Crippen LogP contribution in [0.2, 0.25) is 0 Å². The van der Waals surface area contributed by atoms with Gasteiger partial charge in [0.1, 0.15) is 5.78 Å². The van der Waals surface area contributed by atoms with Gasteiger partial charge in [-0.05, 0) is 12.8 Å². The Labute approximate surface area is 135 Å². The molecular weight excluding hydrogens is 300 g/mol. The van der Waals surface area contributed by atoms with Gasteiger partial charge < -0.3 is 9.47 Å². The zero-order chi connectivity index (χ0) is 17.5. The maximum atomic E-state index is 12.5. The highest BCUT2D eigenvalue weighted by Gasteiger charge is 2.59. The maximum Gasteiger partial charge on any atom is 0.328 e. The molecule has 0 heterocycles. The highest BCUT2D eigenvalue weighted by Crippen LogP contribution is 2.42. The first-order valence-electron chi connectivity index (χ1n) is 7.49. The van der Waals surface area contributed by atoms with Crippen molar-refractivity contribution >= 4 is 17.7 Å². The van der Waals surface area contributed by atoms with Gasteiger partial charge in [-0.25, -0.2) is 0 Å². The van der Waals surface area contributed by atoms with E-state index in [1.165, 1.54) is 0 Å². The molecule has 1 rings (SSSR count). The number of ketones is 1. The molecule has 7 heteroatoms. The first-order chi connectivity index (χ1) is 11.0. The van der Waals surface area contributed by atoms with Crippen LogP contribution < -0.4 is 0 Å². The Balaban J connectivity index is 3.46. The fraction of sp³-hybridized carbons (Fsp3) is 0.688. The van der Waals surface area contributed by atoms with Gasteiger partial charge in [0.2, 0.25) is 0 Å². The summed E-state index contributed by atoms with van der Waals surface area (Å²) >= 11 is 0. The van der Waals surface area contributed by atoms with Crippen molar-refractivity contribution in [3.63, 3.8) is 0 Å². The molecule has 0 N–H and O–H groups in total. The first kappa shape index (κ1) is 18.6. The molecule has 1 aliphatic rings. The fourth-order valence-corrected chi connectivity index (χ4v) is 3.09. The zero-order valence-electron chi connectivity index (χ0n) is 13.3. The number of nitriles is 2. The summed E-state index contributed by atoms with van der Waals surface area (Å²) in [5, 5.41) is 19.1. The number of methoxy groups -OCH3 is 2. The number of carbonyl (C=O) groups excluding carboxylic acids is 3. The molecule has 0 bridgehead atoms. The molecule has 0 unspecified atom stereocenters. The molecule has 0 saturated heterocycles. The zero-order valence-corrected chi connectivity index (χ0v) is 13.3. The Hall–Kier alpha value is -2.41. The van der Waals surface area contributed by atoms with E-state index in [0.29, 0.717) is 12.8 Å². The van der Waals surface area contributed by atoms with Crippen LogP contribution in [0.4, 0.5) is 0 Å². The number of rotatable bonds is 4. The van der Waals surface area contributed by atoms with E-state index in [9.17, 15) is 24.9 Å². The molecule has 0 radical (unpaired) electrons. The van der Waals surface area contributed by atoms with Gasteiger partial charge in [0.25, 0.3) is 0 Å². The molecule has 7 nitrogen and oxygen atoms in total. The van der Waals surface area contributed by atoms with Crippen molar-refractivity contribution in [1.29, 1.82) is 10.5 Å². The highest BCUT2D eigenvalue weighted by atomic mass is 16.5. The second kappa shape index (κ2) is 8.28. The molecule has 1 aliphatic carbocycles. The number of hydrogen-bond donors (Lipinski definition) is 0. The molecule has 124 valence electrons. The molecule has 0 aromatic rings. The highest BCUT2D eigenvalue weighted by molar-refractivity contribution is 5.96. The van der Waals surface area contributed by atoms with E-state index in [1.54, 1.807) is 12.1 Å². The lowest BCUT2D eigenvalue weighted by Crippen LogP contribution is -2.50. The van der Waals surface area contributed by atoms with Crippen LogP contribution in [0.1, 0.15) is 38.5 Å². The number of esters is 2. The van der Waals surface area contributed by atoms with Gasteiger partial charge in [0.05, 0.1) is 26.4 Å². The molecule has 0 aromatic heterocycles. The van der Waals surface area contributed by atoms with Crippen LogP contribution in [0.3, 0.4) is 0 Å². The molecule has 1 fully saturated rings. The Morgan fingerprint density at radius 3 is 2.35 bits per heavy atom. The summed E-state index contributed by atoms with van der Waals surface area (Å²) in [7, 11) is 2.12. The second-order valence-corrected chi connectivity index (χ2v) is 5.53. The number of carbonyl (C=O) groups is 3. The number of Topliss-reactive ketones (excluding diaryl/α,β-unsaturated/α-hetero) is 1. The Morgan fingerprint density at radius 1 is 1.17 bits per heavy atom. The van der Waals surface area contributed by atoms with Crippen LogP contribution in [-0.4, -0.2) is 31.9 Å². The van der Waals surface area contributed by atoms with Gasteiger partial charge in [-0.3, -0.25) is 14.4 Å². The van der Waals surface area contributed by atoms with E-state index in [4.69, 9.17) is 0 Å². The van der Waals surface area contributed by atoms with E-state index in [2.05, 4.69) is 9.47 Å². The van der Waals surface area contributed by atoms with Gasteiger partial charge in [0, 0.05) is 12.3 Å². The minimum Gasteiger partial charge on any atom is -0.468 e. The summed E-state index contributed by atoms with van der Waals surface area (Å²) in [5.41, 5.74) is -2.18. The van der Waals surface area contributed by atoms with Crippen LogP contribution in [0, 0.1) is 39.9 Å². The van der Waals surface area contributed by atoms with Crippen LogP contribution >= 0.6 is 0 Å². The predicted molar refractivity (Wildman–Crippen MR) is 77.4 cm³/mol. The van der Waals surface area contributed by atoms with Crippen molar-refractivity contribution in [3.05, 3.63) is 0 Å². The van der Waals surface area contributed by atoms with Gasteiger partial charge in [0.15, 0.2) is 11.3 Å². The van der Waals surface area contributed by atoms with E-state index < -0.39 is 29.2 Å². The molecule has 1 saturated carbocycles. The molecule has 0 aliphatic heterocycles. The summed E-state index contributed by atoms with van der Waals surface area (Å²) in [6, 6.07) is 3.43. The standard InChI is InChI=1S/C16H20N2O5/c1-22-14(20)12(9-17)16(10-18,15(21)23-2)11-7-5-3-4-6-8-13(11)19/h11-12H,3-8H2,1-2H3/t11-,12-,16+/m0/s1. The van der Waals surface area contributed by atoms with Crippen molar-refractivity contribution in [2.24, 2.45) is 17.3 Å². The third-order valence-corrected chi connectivity index (χ3v) is 4.33. The fourth-order valence-electron chi connectivity index (χ4n) is 3.09. The van der Waals surface area contributed by atoms with Gasteiger partial charge in [-0.15, -0.1) is 0 Å². The molecule has 0 amide bonds. The lowest BCUT2D eigenvalue weighted by molar-refractivity contribution is -0.165. The number of nitrogens with zero attached hydrogens (tertiary/aromatic N) is 2. The van der Waals surface area contributed by atoms with Gasteiger partial charge >= 0.3 is 11.9 Å². The Kier molecular flexibility index (Phi) is 6.71. The van der Waals surface area contributed by atoms with E-state index in [0.717, 1.165) is 27.1 Å². The van der Waals surface area contributed by atoms with Crippen molar-refractivity contribution in [3.8, 4) is 12.1 Å². The van der Waals surface area contributed by atoms with Crippen molar-refractivity contribution in [2.75, 3.05) is 14.2 Å². The average Bonchev–Trinajstić information content (AvgIpc) is 2.55. The van der Waals surface area contributed by atoms with Crippen molar-refractivity contribution in [2.45, 2.75) is 38.5 Å². The summed E-state index contributed by atoms with van der Waals surface area (Å²) < 4.78 is 9.24. The lowest BCUT2D eigenvalue weighted by atomic mass is 9.63. The molecule has 0 spiro atoms. The van der Waals surface area contributed by atoms with Crippen LogP contribution in [-0.2, 0) is 23.9 Å². The SMILES string of the molecule is COC(=O)[C@H](C#N)[C@](C#N)(C(=O)OC)[C@H]1CCCCCCC1=O. The summed E-state index contributed by atoms with van der Waals surface area (Å²) in [6.07, 6.45) is 3.53. The van der Waals surface area contributed by atoms with Crippen molar-refractivity contribution < 1.29 is 23.9 Å². The maximum absolute atomic E-state index is 12.5. The minimum atomic E-state index is -2.18. The number of hydrogen-bond acceptors (Lipinski definition) is 7. The molecular formula is C16H20N2O5. The van der Waals surface area contributed by atoms with Crippen molar-refractivity contribution in [1.82, 2.24) is 0 Å². The van der Waals surface area contributed by atoms with E-state index in [-0.39, 0.29) is 18.6 Å². The van der Waals surface area contributed by atoms with Gasteiger partial charge in [-0.1, -0.05) is 19.3 Å². The Morgan fingerprint density at radius 2 is 1.83 bits per heavy atom. The Bertz CT molecular complexity index is 560. The topological polar surface area (TPSA) is 117 Å². The third kappa shape index (κ3) is 3.50. The van der Waals surface area contributed by atoms with Gasteiger partial charge in [-0.2, -0.15) is 10.5 Å². The predicted octanol–water partition coefficient (Wildman–Crippen LogP) is 1.52. The smallest absolute Gasteiger partial charge is 0.328 e. The molecule has 23 heavy (non-hydrogen) atoms. The average molecular weight is 320 g/mol. The van der Waals surface area contributed by atoms with Crippen LogP contribution in [0.5, 0.6) is 0 Å².